The van der Waals surface area contributed by atoms with Crippen LogP contribution in [0.2, 0.25) is 0 Å². The van der Waals surface area contributed by atoms with Gasteiger partial charge in [0.2, 0.25) is 5.91 Å². The van der Waals surface area contributed by atoms with Gasteiger partial charge in [-0.3, -0.25) is 9.89 Å². The highest BCUT2D eigenvalue weighted by atomic mass is 32.2. The summed E-state index contributed by atoms with van der Waals surface area (Å²) in [6, 6.07) is 6.00. The van der Waals surface area contributed by atoms with Crippen LogP contribution < -0.4 is 10.2 Å². The molecule has 0 aliphatic heterocycles. The third-order valence-corrected chi connectivity index (χ3v) is 4.19. The lowest BCUT2D eigenvalue weighted by atomic mass is 10.1. The number of anilines is 2. The minimum Gasteiger partial charge on any atom is -0.372 e. The first-order chi connectivity index (χ1) is 10.6. The second-order valence-corrected chi connectivity index (χ2v) is 5.77. The summed E-state index contributed by atoms with van der Waals surface area (Å²) in [5, 5.41) is 10.0. The summed E-state index contributed by atoms with van der Waals surface area (Å²) in [7, 11) is 0. The molecule has 0 aliphatic carbocycles. The van der Waals surface area contributed by atoms with Gasteiger partial charge in [-0.15, -0.1) is 0 Å². The Labute approximate surface area is 134 Å². The van der Waals surface area contributed by atoms with Gasteiger partial charge in [-0.05, 0) is 44.5 Å². The molecule has 0 saturated heterocycles. The quantitative estimate of drug-likeness (QED) is 0.768. The first kappa shape index (κ1) is 16.4. The Morgan fingerprint density at radius 2 is 2.14 bits per heavy atom. The van der Waals surface area contributed by atoms with E-state index in [1.165, 1.54) is 23.8 Å². The molecule has 0 aliphatic rings. The van der Waals surface area contributed by atoms with Crippen LogP contribution >= 0.6 is 11.8 Å². The largest absolute Gasteiger partial charge is 0.372 e. The van der Waals surface area contributed by atoms with Gasteiger partial charge in [0.05, 0.1) is 5.75 Å². The summed E-state index contributed by atoms with van der Waals surface area (Å²) < 4.78 is 0. The number of carbonyl (C=O) groups is 1. The van der Waals surface area contributed by atoms with Crippen molar-refractivity contribution in [2.24, 2.45) is 0 Å². The molecule has 1 aromatic carbocycles. The van der Waals surface area contributed by atoms with E-state index in [2.05, 4.69) is 52.2 Å². The molecule has 1 heterocycles. The van der Waals surface area contributed by atoms with E-state index in [1.807, 2.05) is 12.1 Å². The molecule has 0 atom stereocenters. The van der Waals surface area contributed by atoms with E-state index in [1.54, 1.807) is 0 Å². The van der Waals surface area contributed by atoms with E-state index >= 15 is 0 Å². The van der Waals surface area contributed by atoms with Crippen molar-refractivity contribution in [3.8, 4) is 0 Å². The highest BCUT2D eigenvalue weighted by Gasteiger charge is 2.09. The molecule has 0 radical (unpaired) electrons. The molecule has 2 aromatic rings. The lowest BCUT2D eigenvalue weighted by Gasteiger charge is -2.23. The van der Waals surface area contributed by atoms with Crippen molar-refractivity contribution < 1.29 is 4.79 Å². The van der Waals surface area contributed by atoms with Gasteiger partial charge in [-0.1, -0.05) is 11.8 Å². The van der Waals surface area contributed by atoms with Crippen LogP contribution in [0.1, 0.15) is 19.4 Å². The van der Waals surface area contributed by atoms with E-state index in [0.717, 1.165) is 24.3 Å². The number of nitrogens with zero attached hydrogens (tertiary/aromatic N) is 3. The molecule has 0 saturated carbocycles. The summed E-state index contributed by atoms with van der Waals surface area (Å²) in [6.07, 6.45) is 1.43. The molecule has 0 spiro atoms. The highest BCUT2D eigenvalue weighted by molar-refractivity contribution is 7.99. The van der Waals surface area contributed by atoms with Crippen molar-refractivity contribution in [2.75, 3.05) is 29.1 Å². The predicted octanol–water partition coefficient (Wildman–Crippen LogP) is 2.69. The number of aromatic nitrogens is 3. The van der Waals surface area contributed by atoms with Crippen molar-refractivity contribution in [3.63, 3.8) is 0 Å². The lowest BCUT2D eigenvalue weighted by Crippen LogP contribution is -2.22. The van der Waals surface area contributed by atoms with Crippen molar-refractivity contribution in [1.82, 2.24) is 15.2 Å². The fourth-order valence-electron chi connectivity index (χ4n) is 2.25. The maximum absolute atomic E-state index is 11.9. The van der Waals surface area contributed by atoms with Crippen LogP contribution in [-0.2, 0) is 4.79 Å². The SMILES string of the molecule is CCN(CC)c1ccc(NC(=O)CSc2ncn[nH]2)cc1C. The molecular weight excluding hydrogens is 298 g/mol. The van der Waals surface area contributed by atoms with Gasteiger partial charge in [-0.25, -0.2) is 4.98 Å². The van der Waals surface area contributed by atoms with E-state index < -0.39 is 0 Å². The third kappa shape index (κ3) is 4.24. The maximum atomic E-state index is 11.9. The van der Waals surface area contributed by atoms with Gasteiger partial charge in [-0.2, -0.15) is 5.10 Å². The first-order valence-corrected chi connectivity index (χ1v) is 8.26. The van der Waals surface area contributed by atoms with Crippen LogP contribution in [0.5, 0.6) is 0 Å². The molecule has 0 unspecified atom stereocenters. The van der Waals surface area contributed by atoms with Gasteiger partial charge in [0.15, 0.2) is 5.16 Å². The number of carbonyl (C=O) groups excluding carboxylic acids is 1. The highest BCUT2D eigenvalue weighted by Crippen LogP contribution is 2.23. The Morgan fingerprint density at radius 1 is 1.36 bits per heavy atom. The van der Waals surface area contributed by atoms with Crippen LogP contribution in [0.15, 0.2) is 29.7 Å². The Hall–Kier alpha value is -2.02. The smallest absolute Gasteiger partial charge is 0.234 e. The average molecular weight is 319 g/mol. The van der Waals surface area contributed by atoms with E-state index in [9.17, 15) is 4.79 Å². The zero-order chi connectivity index (χ0) is 15.9. The van der Waals surface area contributed by atoms with Gasteiger partial charge in [0.25, 0.3) is 0 Å². The van der Waals surface area contributed by atoms with Crippen LogP contribution in [0.4, 0.5) is 11.4 Å². The van der Waals surface area contributed by atoms with Crippen LogP contribution in [-0.4, -0.2) is 39.9 Å². The lowest BCUT2D eigenvalue weighted by molar-refractivity contribution is -0.113. The molecule has 1 amide bonds. The summed E-state index contributed by atoms with van der Waals surface area (Å²) in [5.74, 6) is 0.239. The maximum Gasteiger partial charge on any atom is 0.234 e. The zero-order valence-corrected chi connectivity index (χ0v) is 13.9. The predicted molar refractivity (Wildman–Crippen MR) is 90.5 cm³/mol. The Kier molecular flexibility index (Phi) is 5.83. The molecule has 6 nitrogen and oxygen atoms in total. The number of H-pyrrole nitrogens is 1. The number of hydrogen-bond acceptors (Lipinski definition) is 5. The summed E-state index contributed by atoms with van der Waals surface area (Å²) in [6.45, 7) is 8.28. The van der Waals surface area contributed by atoms with Crippen LogP contribution in [0, 0.1) is 6.92 Å². The molecule has 7 heteroatoms. The topological polar surface area (TPSA) is 73.9 Å². The summed E-state index contributed by atoms with van der Waals surface area (Å²) in [4.78, 5) is 18.2. The molecule has 0 bridgehead atoms. The number of aromatic amines is 1. The van der Waals surface area contributed by atoms with Crippen LogP contribution in [0.3, 0.4) is 0 Å². The van der Waals surface area contributed by atoms with Crippen LogP contribution in [0.25, 0.3) is 0 Å². The minimum atomic E-state index is -0.0589. The van der Waals surface area contributed by atoms with Crippen molar-refractivity contribution in [3.05, 3.63) is 30.1 Å². The third-order valence-electron chi connectivity index (χ3n) is 3.32. The second kappa shape index (κ2) is 7.84. The number of benzene rings is 1. The van der Waals surface area contributed by atoms with E-state index in [-0.39, 0.29) is 5.91 Å². The molecule has 2 rings (SSSR count). The molecule has 0 fully saturated rings. The monoisotopic (exact) mass is 319 g/mol. The summed E-state index contributed by atoms with van der Waals surface area (Å²) >= 11 is 1.32. The number of aryl methyl sites for hydroxylation is 1. The zero-order valence-electron chi connectivity index (χ0n) is 13.1. The molecule has 22 heavy (non-hydrogen) atoms. The molecule has 118 valence electrons. The second-order valence-electron chi connectivity index (χ2n) is 4.80. The number of rotatable bonds is 7. The fraction of sp³-hybridized carbons (Fsp3) is 0.400. The normalized spacial score (nSPS) is 10.5. The molecule has 2 N–H and O–H groups in total. The average Bonchev–Trinajstić information content (AvgIpc) is 3.02. The molecular formula is C15H21N5OS. The van der Waals surface area contributed by atoms with E-state index in [0.29, 0.717) is 10.9 Å². The number of amides is 1. The fourth-order valence-corrected chi connectivity index (χ4v) is 2.83. The van der Waals surface area contributed by atoms with E-state index in [4.69, 9.17) is 0 Å². The Balaban J connectivity index is 1.95. The van der Waals surface area contributed by atoms with Crippen molar-refractivity contribution >= 4 is 29.0 Å². The Bertz CT molecular complexity index is 610. The minimum absolute atomic E-state index is 0.0589. The van der Waals surface area contributed by atoms with Gasteiger partial charge < -0.3 is 10.2 Å². The number of thioether (sulfide) groups is 1. The van der Waals surface area contributed by atoms with Crippen molar-refractivity contribution in [2.45, 2.75) is 25.9 Å². The van der Waals surface area contributed by atoms with Crippen molar-refractivity contribution in [1.29, 1.82) is 0 Å². The first-order valence-electron chi connectivity index (χ1n) is 7.27. The van der Waals surface area contributed by atoms with Gasteiger partial charge >= 0.3 is 0 Å². The summed E-state index contributed by atoms with van der Waals surface area (Å²) in [5.41, 5.74) is 3.18. The Morgan fingerprint density at radius 3 is 2.73 bits per heavy atom. The standard InChI is InChI=1S/C15H21N5OS/c1-4-20(5-2)13-7-6-12(8-11(13)3)18-14(21)9-22-15-16-10-17-19-15/h6-8,10H,4-5,9H2,1-3H3,(H,18,21)(H,16,17,19). The number of hydrogen-bond donors (Lipinski definition) is 2. The molecule has 1 aromatic heterocycles. The number of nitrogens with one attached hydrogen (secondary N) is 2. The van der Waals surface area contributed by atoms with Gasteiger partial charge in [0, 0.05) is 24.5 Å². The van der Waals surface area contributed by atoms with Gasteiger partial charge in [0.1, 0.15) is 6.33 Å².